The summed E-state index contributed by atoms with van der Waals surface area (Å²) in [6, 6.07) is 4.09. The summed E-state index contributed by atoms with van der Waals surface area (Å²) in [5.74, 6) is -1.35. The van der Waals surface area contributed by atoms with Crippen molar-refractivity contribution in [3.8, 4) is 23.1 Å². The van der Waals surface area contributed by atoms with Crippen LogP contribution in [0.3, 0.4) is 0 Å². The Balaban J connectivity index is 1.42. The molecule has 3 aliphatic rings. The summed E-state index contributed by atoms with van der Waals surface area (Å²) in [6.45, 7) is 4.68. The number of rotatable bonds is 8. The molecule has 0 bridgehead atoms. The lowest BCUT2D eigenvalue weighted by molar-refractivity contribution is 0.107. The van der Waals surface area contributed by atoms with Crippen LogP contribution in [0.15, 0.2) is 24.4 Å². The van der Waals surface area contributed by atoms with E-state index < -0.39 is 42.2 Å². The number of benzene rings is 1. The summed E-state index contributed by atoms with van der Waals surface area (Å²) < 4.78 is 86.0. The fourth-order valence-corrected chi connectivity index (χ4v) is 7.47. The molecule has 3 aromatic heterocycles. The SMILES string of the molecule is Cc1c(F)c(N)cc(-c2nc3c4c(nc(OC[C@@]56CCCN5C[C@H](F)C6)nc4c2F)N([C@H](C)c2cccnc2N)CCO3)c1CC(F)F. The van der Waals surface area contributed by atoms with Gasteiger partial charge < -0.3 is 25.8 Å². The van der Waals surface area contributed by atoms with Gasteiger partial charge in [0.2, 0.25) is 12.3 Å². The van der Waals surface area contributed by atoms with E-state index in [9.17, 15) is 17.6 Å². The van der Waals surface area contributed by atoms with Crippen LogP contribution in [0.5, 0.6) is 11.9 Å². The number of pyridine rings is 2. The van der Waals surface area contributed by atoms with E-state index in [2.05, 4.69) is 19.9 Å². The summed E-state index contributed by atoms with van der Waals surface area (Å²) in [5, 5.41) is 0.128. The molecule has 0 amide bonds. The average molecular weight is 671 g/mol. The van der Waals surface area contributed by atoms with E-state index in [4.69, 9.17) is 25.9 Å². The molecule has 7 rings (SSSR count). The number of alkyl halides is 3. The highest BCUT2D eigenvalue weighted by Crippen LogP contribution is 2.44. The Kier molecular flexibility index (Phi) is 8.12. The zero-order chi connectivity index (χ0) is 33.9. The van der Waals surface area contributed by atoms with Crippen molar-refractivity contribution in [1.29, 1.82) is 0 Å². The average Bonchev–Trinajstić information content (AvgIpc) is 3.51. The number of aromatic nitrogens is 4. The minimum Gasteiger partial charge on any atom is -0.475 e. The largest absolute Gasteiger partial charge is 0.475 e. The fourth-order valence-electron chi connectivity index (χ4n) is 7.47. The first-order valence-electron chi connectivity index (χ1n) is 15.9. The number of nitrogens with two attached hydrogens (primary N) is 2. The third kappa shape index (κ3) is 5.37. The Morgan fingerprint density at radius 1 is 1.15 bits per heavy atom. The highest BCUT2D eigenvalue weighted by Gasteiger charge is 2.49. The van der Waals surface area contributed by atoms with Gasteiger partial charge in [-0.1, -0.05) is 6.07 Å². The van der Waals surface area contributed by atoms with Crippen LogP contribution in [0, 0.1) is 18.6 Å². The molecule has 0 radical (unpaired) electrons. The second-order valence-electron chi connectivity index (χ2n) is 12.7. The number of ether oxygens (including phenoxy) is 2. The van der Waals surface area contributed by atoms with Gasteiger partial charge in [0.05, 0.1) is 23.8 Å². The predicted octanol–water partition coefficient (Wildman–Crippen LogP) is 5.56. The van der Waals surface area contributed by atoms with Gasteiger partial charge in [0.1, 0.15) is 53.4 Å². The first kappa shape index (κ1) is 32.0. The van der Waals surface area contributed by atoms with Crippen molar-refractivity contribution < 1.29 is 31.4 Å². The first-order chi connectivity index (χ1) is 23.0. The second kappa shape index (κ2) is 12.2. The van der Waals surface area contributed by atoms with Crippen LogP contribution in [0.2, 0.25) is 0 Å². The molecule has 4 aromatic rings. The molecule has 6 heterocycles. The van der Waals surface area contributed by atoms with Crippen LogP contribution in [0.1, 0.15) is 48.9 Å². The number of hydrogen-bond donors (Lipinski definition) is 2. The molecular weight excluding hydrogens is 635 g/mol. The first-order valence-corrected chi connectivity index (χ1v) is 15.9. The van der Waals surface area contributed by atoms with Gasteiger partial charge in [0.25, 0.3) is 0 Å². The lowest BCUT2D eigenvalue weighted by Crippen LogP contribution is -2.43. The van der Waals surface area contributed by atoms with Gasteiger partial charge in [-0.3, -0.25) is 4.90 Å². The number of fused-ring (bicyclic) bond motifs is 1. The summed E-state index contributed by atoms with van der Waals surface area (Å²) in [4.78, 5) is 21.8. The molecular formula is C33H35F5N8O2. The maximum Gasteiger partial charge on any atom is 0.319 e. The van der Waals surface area contributed by atoms with Crippen LogP contribution < -0.4 is 25.8 Å². The lowest BCUT2D eigenvalue weighted by atomic mass is 9.94. The van der Waals surface area contributed by atoms with E-state index in [1.165, 1.54) is 6.92 Å². The molecule has 15 heteroatoms. The summed E-state index contributed by atoms with van der Waals surface area (Å²) in [6.07, 6.45) is -1.20. The summed E-state index contributed by atoms with van der Waals surface area (Å²) in [7, 11) is 0. The molecule has 2 saturated heterocycles. The quantitative estimate of drug-likeness (QED) is 0.182. The fraction of sp³-hybridized carbons (Fsp3) is 0.455. The van der Waals surface area contributed by atoms with Crippen molar-refractivity contribution >= 4 is 28.2 Å². The van der Waals surface area contributed by atoms with E-state index in [0.29, 0.717) is 24.3 Å². The second-order valence-corrected chi connectivity index (χ2v) is 12.7. The van der Waals surface area contributed by atoms with Crippen molar-refractivity contribution in [2.45, 2.75) is 63.7 Å². The normalized spacial score (nSPS) is 21.4. The molecule has 48 heavy (non-hydrogen) atoms. The van der Waals surface area contributed by atoms with E-state index in [1.807, 2.05) is 17.9 Å². The van der Waals surface area contributed by atoms with Gasteiger partial charge in [0, 0.05) is 36.7 Å². The molecule has 4 N–H and O–H groups in total. The third-order valence-corrected chi connectivity index (χ3v) is 9.85. The van der Waals surface area contributed by atoms with Gasteiger partial charge in [-0.15, -0.1) is 0 Å². The Morgan fingerprint density at radius 2 is 1.96 bits per heavy atom. The molecule has 10 nitrogen and oxygen atoms in total. The van der Waals surface area contributed by atoms with Gasteiger partial charge in [-0.05, 0) is 56.5 Å². The Hall–Kier alpha value is -4.53. The summed E-state index contributed by atoms with van der Waals surface area (Å²) in [5.41, 5.74) is 10.9. The molecule has 2 fully saturated rings. The molecule has 1 aromatic carbocycles. The van der Waals surface area contributed by atoms with Crippen molar-refractivity contribution in [2.24, 2.45) is 0 Å². The summed E-state index contributed by atoms with van der Waals surface area (Å²) >= 11 is 0. The van der Waals surface area contributed by atoms with Gasteiger partial charge in [-0.25, -0.2) is 31.9 Å². The Bertz CT molecular complexity index is 1900. The van der Waals surface area contributed by atoms with Crippen LogP contribution >= 0.6 is 0 Å². The lowest BCUT2D eigenvalue weighted by Gasteiger charge is -2.32. The van der Waals surface area contributed by atoms with Crippen molar-refractivity contribution in [3.05, 3.63) is 52.7 Å². The number of nitrogen functional groups attached to an aromatic ring is 2. The Labute approximate surface area is 273 Å². The maximum atomic E-state index is 16.9. The van der Waals surface area contributed by atoms with E-state index in [0.717, 1.165) is 25.5 Å². The van der Waals surface area contributed by atoms with E-state index >= 15 is 4.39 Å². The number of anilines is 3. The monoisotopic (exact) mass is 670 g/mol. The highest BCUT2D eigenvalue weighted by atomic mass is 19.3. The van der Waals surface area contributed by atoms with Crippen LogP contribution in [-0.2, 0) is 6.42 Å². The molecule has 3 aliphatic heterocycles. The van der Waals surface area contributed by atoms with Crippen molar-refractivity contribution in [3.63, 3.8) is 0 Å². The standard InChI is InChI=1S/C33H35F5N8O2/c1-16-20(12-23(35)36)21(11-22(39)25(16)37)27-26(38)28-24-30(44-32(43-28)48-15-33-6-4-8-45(33)14-18(34)13-33)46(9-10-47-31(24)42-27)17(2)19-5-3-7-41-29(19)40/h3,5,7,11,17-18,23H,4,6,8-10,12-15,39H2,1-2H3,(H2,40,41)/t17-,18-,33+/m1/s1. The van der Waals surface area contributed by atoms with Crippen LogP contribution in [0.25, 0.3) is 22.2 Å². The van der Waals surface area contributed by atoms with Crippen LogP contribution in [-0.4, -0.2) is 75.8 Å². The van der Waals surface area contributed by atoms with Crippen molar-refractivity contribution in [2.75, 3.05) is 49.2 Å². The van der Waals surface area contributed by atoms with Gasteiger partial charge >= 0.3 is 6.01 Å². The molecule has 254 valence electrons. The zero-order valence-electron chi connectivity index (χ0n) is 26.4. The zero-order valence-corrected chi connectivity index (χ0v) is 26.4. The minimum atomic E-state index is -2.86. The van der Waals surface area contributed by atoms with E-state index in [-0.39, 0.29) is 76.4 Å². The molecule has 0 saturated carbocycles. The number of halogens is 5. The Morgan fingerprint density at radius 3 is 2.73 bits per heavy atom. The molecule has 3 atom stereocenters. The minimum absolute atomic E-state index is 0.0445. The smallest absolute Gasteiger partial charge is 0.319 e. The maximum absolute atomic E-state index is 16.9. The molecule has 0 unspecified atom stereocenters. The van der Waals surface area contributed by atoms with Crippen molar-refractivity contribution in [1.82, 2.24) is 24.8 Å². The van der Waals surface area contributed by atoms with Gasteiger partial charge in [0.15, 0.2) is 5.82 Å². The van der Waals surface area contributed by atoms with Gasteiger partial charge in [-0.2, -0.15) is 9.97 Å². The third-order valence-electron chi connectivity index (χ3n) is 9.85. The predicted molar refractivity (Wildman–Crippen MR) is 170 cm³/mol. The van der Waals surface area contributed by atoms with Crippen LogP contribution in [0.4, 0.5) is 39.3 Å². The number of nitrogens with zero attached hydrogens (tertiary/aromatic N) is 6. The molecule has 0 spiro atoms. The van der Waals surface area contributed by atoms with E-state index in [1.54, 1.807) is 12.3 Å². The highest BCUT2D eigenvalue weighted by molar-refractivity contribution is 5.97. The topological polar surface area (TPSA) is 129 Å². The number of hydrogen-bond acceptors (Lipinski definition) is 10. The molecule has 0 aliphatic carbocycles.